The Balaban J connectivity index is 2.52. The molecule has 0 spiro atoms. The van der Waals surface area contributed by atoms with E-state index in [1.54, 1.807) is 0 Å². The van der Waals surface area contributed by atoms with Crippen molar-refractivity contribution < 1.29 is 5.11 Å². The van der Waals surface area contributed by atoms with E-state index in [0.29, 0.717) is 10.8 Å². The van der Waals surface area contributed by atoms with Crippen molar-refractivity contribution in [3.8, 4) is 0 Å². The monoisotopic (exact) mass is 233 g/mol. The first-order valence-corrected chi connectivity index (χ1v) is 8.48. The van der Waals surface area contributed by atoms with E-state index < -0.39 is 10.0 Å². The van der Waals surface area contributed by atoms with Crippen LogP contribution in [-0.4, -0.2) is 46.8 Å². The predicted molar refractivity (Wildman–Crippen MR) is 71.1 cm³/mol. The van der Waals surface area contributed by atoms with E-state index in [4.69, 9.17) is 0 Å². The molecule has 2 unspecified atom stereocenters. The molecule has 2 nitrogen and oxygen atoms in total. The van der Waals surface area contributed by atoms with Crippen LogP contribution in [-0.2, 0) is 0 Å². The fourth-order valence-corrected chi connectivity index (χ4v) is 3.42. The van der Waals surface area contributed by atoms with Gasteiger partial charge in [0.05, 0.1) is 6.10 Å². The average Bonchev–Trinajstić information content (AvgIpc) is 2.51. The van der Waals surface area contributed by atoms with E-state index in [1.807, 2.05) is 0 Å². The van der Waals surface area contributed by atoms with Crippen molar-refractivity contribution in [3.63, 3.8) is 0 Å². The minimum atomic E-state index is -0.724. The molecular formula is C12H27NOS. The highest BCUT2D eigenvalue weighted by atomic mass is 32.3. The summed E-state index contributed by atoms with van der Waals surface area (Å²) in [6, 6.07) is 0.346. The Kier molecular flexibility index (Phi) is 4.13. The summed E-state index contributed by atoms with van der Waals surface area (Å²) < 4.78 is 0.326. The van der Waals surface area contributed by atoms with Gasteiger partial charge in [-0.1, -0.05) is 20.8 Å². The van der Waals surface area contributed by atoms with Crippen molar-refractivity contribution in [1.29, 1.82) is 0 Å². The Hall–Kier alpha value is 0.270. The second-order valence-electron chi connectivity index (χ2n) is 6.09. The molecule has 0 radical (unpaired) electrons. The fraction of sp³-hybridized carbons (Fsp3) is 1.00. The van der Waals surface area contributed by atoms with Gasteiger partial charge in [-0.25, -0.2) is 10.0 Å². The van der Waals surface area contributed by atoms with Crippen LogP contribution in [0, 0.1) is 0 Å². The maximum atomic E-state index is 10.2. The van der Waals surface area contributed by atoms with E-state index in [1.165, 1.54) is 6.42 Å². The third kappa shape index (κ3) is 3.36. The Labute approximate surface area is 96.2 Å². The van der Waals surface area contributed by atoms with Gasteiger partial charge in [-0.2, -0.15) is 0 Å². The van der Waals surface area contributed by atoms with E-state index in [0.717, 1.165) is 18.7 Å². The largest absolute Gasteiger partial charge is 0.391 e. The molecule has 0 bridgehead atoms. The minimum Gasteiger partial charge on any atom is -0.391 e. The summed E-state index contributed by atoms with van der Waals surface area (Å²) in [4.78, 5) is 0. The van der Waals surface area contributed by atoms with Gasteiger partial charge < -0.3 is 10.4 Å². The molecule has 1 aliphatic heterocycles. The Morgan fingerprint density at radius 1 is 1.40 bits per heavy atom. The summed E-state index contributed by atoms with van der Waals surface area (Å²) in [5, 5.41) is 13.6. The van der Waals surface area contributed by atoms with Gasteiger partial charge in [0, 0.05) is 11.8 Å². The van der Waals surface area contributed by atoms with Crippen LogP contribution in [0.1, 0.15) is 33.6 Å². The molecule has 1 heterocycles. The van der Waals surface area contributed by atoms with Crippen LogP contribution in [0.3, 0.4) is 0 Å². The highest BCUT2D eigenvalue weighted by Crippen LogP contribution is 2.53. The quantitative estimate of drug-likeness (QED) is 0.781. The summed E-state index contributed by atoms with van der Waals surface area (Å²) in [5.74, 6) is 0.966. The molecule has 0 aliphatic carbocycles. The number of hydrogen-bond donors (Lipinski definition) is 2. The van der Waals surface area contributed by atoms with Gasteiger partial charge in [-0.3, -0.25) is 0 Å². The SMILES string of the molecule is CC(C)(C)S(C)(C)CC(O)C1CCCN1. The fourth-order valence-electron chi connectivity index (χ4n) is 1.83. The Bertz CT molecular complexity index is 204. The summed E-state index contributed by atoms with van der Waals surface area (Å²) in [6.45, 7) is 7.94. The van der Waals surface area contributed by atoms with Crippen LogP contribution in [0.25, 0.3) is 0 Å². The van der Waals surface area contributed by atoms with E-state index in [-0.39, 0.29) is 6.10 Å². The predicted octanol–water partition coefficient (Wildman–Crippen LogP) is 1.96. The average molecular weight is 233 g/mol. The number of rotatable bonds is 3. The van der Waals surface area contributed by atoms with Crippen LogP contribution in [0.5, 0.6) is 0 Å². The molecule has 0 aromatic heterocycles. The first-order chi connectivity index (χ1) is 6.74. The second kappa shape index (κ2) is 4.64. The molecule has 92 valence electrons. The van der Waals surface area contributed by atoms with Gasteiger partial charge in [0.15, 0.2) is 0 Å². The molecule has 2 N–H and O–H groups in total. The summed E-state index contributed by atoms with van der Waals surface area (Å²) in [7, 11) is -0.724. The molecular weight excluding hydrogens is 206 g/mol. The van der Waals surface area contributed by atoms with Crippen molar-refractivity contribution in [2.45, 2.75) is 50.5 Å². The second-order valence-corrected chi connectivity index (χ2v) is 10.7. The topological polar surface area (TPSA) is 32.3 Å². The van der Waals surface area contributed by atoms with Gasteiger partial charge in [0.25, 0.3) is 0 Å². The third-order valence-corrected chi connectivity index (χ3v) is 8.30. The first-order valence-electron chi connectivity index (χ1n) is 5.86. The summed E-state index contributed by atoms with van der Waals surface area (Å²) >= 11 is 0. The lowest BCUT2D eigenvalue weighted by Crippen LogP contribution is -2.41. The standard InChI is InChI=1S/C12H27NOS/c1-12(2,3)15(4,5)9-11(14)10-7-6-8-13-10/h10-11,13-14H,6-9H2,1-5H3. The first kappa shape index (κ1) is 13.3. The number of aliphatic hydroxyl groups is 1. The molecule has 0 saturated carbocycles. The molecule has 1 saturated heterocycles. The molecule has 1 aliphatic rings. The number of hydrogen-bond acceptors (Lipinski definition) is 2. The van der Waals surface area contributed by atoms with Crippen molar-refractivity contribution in [2.24, 2.45) is 0 Å². The summed E-state index contributed by atoms with van der Waals surface area (Å²) in [6.07, 6.45) is 6.88. The van der Waals surface area contributed by atoms with Crippen LogP contribution in [0.4, 0.5) is 0 Å². The smallest absolute Gasteiger partial charge is 0.0768 e. The molecule has 0 aromatic carbocycles. The van der Waals surface area contributed by atoms with Crippen LogP contribution in [0.2, 0.25) is 0 Å². The van der Waals surface area contributed by atoms with Crippen LogP contribution >= 0.6 is 10.0 Å². The maximum Gasteiger partial charge on any atom is 0.0768 e. The van der Waals surface area contributed by atoms with E-state index in [2.05, 4.69) is 38.6 Å². The van der Waals surface area contributed by atoms with Gasteiger partial charge in [-0.05, 0) is 36.6 Å². The molecule has 0 aromatic rings. The minimum absolute atomic E-state index is 0.156. The zero-order valence-electron chi connectivity index (χ0n) is 10.8. The lowest BCUT2D eigenvalue weighted by atomic mass is 10.1. The molecule has 15 heavy (non-hydrogen) atoms. The third-order valence-electron chi connectivity index (χ3n) is 3.81. The van der Waals surface area contributed by atoms with Crippen molar-refractivity contribution in [3.05, 3.63) is 0 Å². The van der Waals surface area contributed by atoms with Gasteiger partial charge in [0.2, 0.25) is 0 Å². The molecule has 1 rings (SSSR count). The van der Waals surface area contributed by atoms with Crippen molar-refractivity contribution in [1.82, 2.24) is 5.32 Å². The van der Waals surface area contributed by atoms with Crippen molar-refractivity contribution in [2.75, 3.05) is 24.8 Å². The molecule has 2 atom stereocenters. The van der Waals surface area contributed by atoms with Crippen LogP contribution in [0.15, 0.2) is 0 Å². The van der Waals surface area contributed by atoms with Gasteiger partial charge >= 0.3 is 0 Å². The lowest BCUT2D eigenvalue weighted by molar-refractivity contribution is 0.158. The molecule has 3 heteroatoms. The Morgan fingerprint density at radius 2 is 2.00 bits per heavy atom. The van der Waals surface area contributed by atoms with Crippen molar-refractivity contribution >= 4 is 10.0 Å². The zero-order chi connectivity index (χ0) is 11.7. The van der Waals surface area contributed by atoms with Gasteiger partial charge in [-0.15, -0.1) is 0 Å². The van der Waals surface area contributed by atoms with E-state index in [9.17, 15) is 5.11 Å². The zero-order valence-corrected chi connectivity index (χ0v) is 11.7. The highest BCUT2D eigenvalue weighted by molar-refractivity contribution is 8.33. The van der Waals surface area contributed by atoms with Crippen LogP contribution < -0.4 is 5.32 Å². The van der Waals surface area contributed by atoms with E-state index >= 15 is 0 Å². The summed E-state index contributed by atoms with van der Waals surface area (Å²) in [5.41, 5.74) is 0. The molecule has 1 fully saturated rings. The molecule has 0 amide bonds. The van der Waals surface area contributed by atoms with Gasteiger partial charge in [0.1, 0.15) is 0 Å². The number of nitrogens with one attached hydrogen (secondary N) is 1. The normalized spacial score (nSPS) is 26.7. The Morgan fingerprint density at radius 3 is 2.40 bits per heavy atom. The number of aliphatic hydroxyl groups excluding tert-OH is 1. The lowest BCUT2D eigenvalue weighted by Gasteiger charge is -2.46. The highest BCUT2D eigenvalue weighted by Gasteiger charge is 2.33. The maximum absolute atomic E-state index is 10.2.